The first kappa shape index (κ1) is 14.8. The van der Waals surface area contributed by atoms with Crippen LogP contribution in [-0.2, 0) is 4.79 Å². The molecule has 0 heterocycles. The Morgan fingerprint density at radius 2 is 1.88 bits per heavy atom. The number of hydrogen-bond donors (Lipinski definition) is 1. The van der Waals surface area contributed by atoms with Crippen LogP contribution in [0.2, 0.25) is 0 Å². The molecule has 2 nitrogen and oxygen atoms in total. The van der Waals surface area contributed by atoms with Gasteiger partial charge in [0, 0.05) is 18.3 Å². The molecule has 0 radical (unpaired) electrons. The Kier molecular flexibility index (Phi) is 6.32. The van der Waals surface area contributed by atoms with Crippen molar-refractivity contribution in [1.29, 1.82) is 0 Å². The quantitative estimate of drug-likeness (QED) is 0.628. The number of hydrogen-bond acceptors (Lipinski definition) is 1. The standard InChI is InChI=1S/C14H26ClNO/c1-3-5-12(6-4-2)13(17)16-11-14(7-8-14)9-10-15/h12H,3-11H2,1-2H3,(H,16,17). The van der Waals surface area contributed by atoms with Crippen LogP contribution >= 0.6 is 11.6 Å². The highest BCUT2D eigenvalue weighted by molar-refractivity contribution is 6.17. The van der Waals surface area contributed by atoms with Crippen molar-refractivity contribution in [3.63, 3.8) is 0 Å². The van der Waals surface area contributed by atoms with Gasteiger partial charge in [-0.3, -0.25) is 4.79 Å². The molecule has 1 aliphatic carbocycles. The Balaban J connectivity index is 2.31. The summed E-state index contributed by atoms with van der Waals surface area (Å²) in [5, 5.41) is 3.14. The molecule has 0 spiro atoms. The van der Waals surface area contributed by atoms with Gasteiger partial charge in [0.15, 0.2) is 0 Å². The van der Waals surface area contributed by atoms with Crippen LogP contribution in [0.15, 0.2) is 0 Å². The maximum Gasteiger partial charge on any atom is 0.223 e. The van der Waals surface area contributed by atoms with Crippen LogP contribution < -0.4 is 5.32 Å². The number of alkyl halides is 1. The predicted octanol–water partition coefficient (Wildman–Crippen LogP) is 3.73. The van der Waals surface area contributed by atoms with Crippen molar-refractivity contribution >= 4 is 17.5 Å². The summed E-state index contributed by atoms with van der Waals surface area (Å²) >= 11 is 5.79. The van der Waals surface area contributed by atoms with Crippen LogP contribution in [0.5, 0.6) is 0 Å². The van der Waals surface area contributed by atoms with Crippen molar-refractivity contribution in [3.8, 4) is 0 Å². The largest absolute Gasteiger partial charge is 0.355 e. The van der Waals surface area contributed by atoms with Gasteiger partial charge in [-0.1, -0.05) is 26.7 Å². The molecule has 1 amide bonds. The van der Waals surface area contributed by atoms with Crippen molar-refractivity contribution in [2.45, 2.75) is 58.8 Å². The second-order valence-corrected chi connectivity index (χ2v) is 5.81. The first-order valence-corrected chi connectivity index (χ1v) is 7.54. The predicted molar refractivity (Wildman–Crippen MR) is 73.3 cm³/mol. The lowest BCUT2D eigenvalue weighted by Crippen LogP contribution is -2.35. The molecular weight excluding hydrogens is 234 g/mol. The van der Waals surface area contributed by atoms with Gasteiger partial charge in [-0.05, 0) is 37.5 Å². The van der Waals surface area contributed by atoms with E-state index >= 15 is 0 Å². The Morgan fingerprint density at radius 3 is 2.29 bits per heavy atom. The van der Waals surface area contributed by atoms with Gasteiger partial charge in [0.05, 0.1) is 0 Å². The number of carbonyl (C=O) groups is 1. The van der Waals surface area contributed by atoms with Gasteiger partial charge < -0.3 is 5.32 Å². The SMILES string of the molecule is CCCC(CCC)C(=O)NCC1(CCCl)CC1. The molecule has 0 bridgehead atoms. The normalized spacial score (nSPS) is 17.2. The number of amides is 1. The molecule has 0 unspecified atom stereocenters. The van der Waals surface area contributed by atoms with E-state index in [0.29, 0.717) is 11.3 Å². The lowest BCUT2D eigenvalue weighted by molar-refractivity contribution is -0.125. The van der Waals surface area contributed by atoms with E-state index in [9.17, 15) is 4.79 Å². The average Bonchev–Trinajstić information content (AvgIpc) is 3.07. The molecule has 1 aliphatic rings. The molecule has 1 rings (SSSR count). The second-order valence-electron chi connectivity index (χ2n) is 5.43. The van der Waals surface area contributed by atoms with E-state index in [0.717, 1.165) is 38.6 Å². The third-order valence-corrected chi connectivity index (χ3v) is 4.05. The summed E-state index contributed by atoms with van der Waals surface area (Å²) in [6.07, 6.45) is 7.71. The molecule has 1 fully saturated rings. The highest BCUT2D eigenvalue weighted by Gasteiger charge is 2.42. The molecule has 0 aliphatic heterocycles. The smallest absolute Gasteiger partial charge is 0.223 e. The minimum Gasteiger partial charge on any atom is -0.355 e. The van der Waals surface area contributed by atoms with E-state index in [1.807, 2.05) is 0 Å². The van der Waals surface area contributed by atoms with Crippen LogP contribution in [0.25, 0.3) is 0 Å². The molecule has 0 aromatic rings. The Hall–Kier alpha value is -0.240. The van der Waals surface area contributed by atoms with Gasteiger partial charge in [-0.25, -0.2) is 0 Å². The van der Waals surface area contributed by atoms with E-state index < -0.39 is 0 Å². The van der Waals surface area contributed by atoms with Crippen LogP contribution in [-0.4, -0.2) is 18.3 Å². The van der Waals surface area contributed by atoms with E-state index in [4.69, 9.17) is 11.6 Å². The first-order chi connectivity index (χ1) is 8.17. The average molecular weight is 260 g/mol. The van der Waals surface area contributed by atoms with Gasteiger partial charge >= 0.3 is 0 Å². The fourth-order valence-corrected chi connectivity index (χ4v) is 2.82. The maximum absolute atomic E-state index is 12.1. The highest BCUT2D eigenvalue weighted by atomic mass is 35.5. The Morgan fingerprint density at radius 1 is 1.29 bits per heavy atom. The molecule has 0 saturated heterocycles. The second kappa shape index (κ2) is 7.25. The zero-order valence-electron chi connectivity index (χ0n) is 11.2. The van der Waals surface area contributed by atoms with Crippen molar-refractivity contribution in [2.24, 2.45) is 11.3 Å². The number of nitrogens with one attached hydrogen (secondary N) is 1. The fourth-order valence-electron chi connectivity index (χ4n) is 2.41. The summed E-state index contributed by atoms with van der Waals surface area (Å²) in [4.78, 5) is 12.1. The molecule has 3 heteroatoms. The number of rotatable bonds is 9. The summed E-state index contributed by atoms with van der Waals surface area (Å²) in [6, 6.07) is 0. The van der Waals surface area contributed by atoms with Crippen molar-refractivity contribution in [1.82, 2.24) is 5.32 Å². The summed E-state index contributed by atoms with van der Waals surface area (Å²) < 4.78 is 0. The molecule has 0 aromatic carbocycles. The van der Waals surface area contributed by atoms with E-state index in [1.54, 1.807) is 0 Å². The van der Waals surface area contributed by atoms with Crippen LogP contribution in [0.3, 0.4) is 0 Å². The third kappa shape index (κ3) is 4.87. The number of carbonyl (C=O) groups excluding carboxylic acids is 1. The molecule has 100 valence electrons. The molecule has 17 heavy (non-hydrogen) atoms. The molecule has 1 N–H and O–H groups in total. The van der Waals surface area contributed by atoms with Gasteiger partial charge in [-0.2, -0.15) is 0 Å². The summed E-state index contributed by atoms with van der Waals surface area (Å²) in [6.45, 7) is 5.13. The van der Waals surface area contributed by atoms with Crippen molar-refractivity contribution in [3.05, 3.63) is 0 Å². The summed E-state index contributed by atoms with van der Waals surface area (Å²) in [5.74, 6) is 1.19. The maximum atomic E-state index is 12.1. The lowest BCUT2D eigenvalue weighted by atomic mass is 9.96. The summed E-state index contributed by atoms with van der Waals surface area (Å²) in [7, 11) is 0. The van der Waals surface area contributed by atoms with Crippen LogP contribution in [0.1, 0.15) is 58.8 Å². The molecular formula is C14H26ClNO. The number of halogens is 1. The summed E-state index contributed by atoms with van der Waals surface area (Å²) in [5.41, 5.74) is 0.348. The Labute approximate surface area is 110 Å². The van der Waals surface area contributed by atoms with Crippen molar-refractivity contribution in [2.75, 3.05) is 12.4 Å². The highest BCUT2D eigenvalue weighted by Crippen LogP contribution is 2.48. The van der Waals surface area contributed by atoms with Gasteiger partial charge in [-0.15, -0.1) is 11.6 Å². The third-order valence-electron chi connectivity index (χ3n) is 3.86. The lowest BCUT2D eigenvalue weighted by Gasteiger charge is -2.19. The van der Waals surface area contributed by atoms with E-state index in [1.165, 1.54) is 12.8 Å². The van der Waals surface area contributed by atoms with E-state index in [2.05, 4.69) is 19.2 Å². The fraction of sp³-hybridized carbons (Fsp3) is 0.929. The van der Waals surface area contributed by atoms with Gasteiger partial charge in [0.1, 0.15) is 0 Å². The van der Waals surface area contributed by atoms with Gasteiger partial charge in [0.2, 0.25) is 5.91 Å². The van der Waals surface area contributed by atoms with Crippen LogP contribution in [0, 0.1) is 11.3 Å². The minimum absolute atomic E-state index is 0.219. The zero-order chi connectivity index (χ0) is 12.7. The van der Waals surface area contributed by atoms with Gasteiger partial charge in [0.25, 0.3) is 0 Å². The molecule has 0 aromatic heterocycles. The van der Waals surface area contributed by atoms with E-state index in [-0.39, 0.29) is 11.8 Å². The Bertz CT molecular complexity index is 232. The monoisotopic (exact) mass is 259 g/mol. The molecule has 1 saturated carbocycles. The first-order valence-electron chi connectivity index (χ1n) is 7.01. The topological polar surface area (TPSA) is 29.1 Å². The minimum atomic E-state index is 0.219. The zero-order valence-corrected chi connectivity index (χ0v) is 12.0. The van der Waals surface area contributed by atoms with Crippen molar-refractivity contribution < 1.29 is 4.79 Å². The van der Waals surface area contributed by atoms with Crippen LogP contribution in [0.4, 0.5) is 0 Å². The molecule has 0 atom stereocenters.